The summed E-state index contributed by atoms with van der Waals surface area (Å²) in [6.45, 7) is 3.99. The van der Waals surface area contributed by atoms with Gasteiger partial charge in [0, 0.05) is 22.4 Å². The van der Waals surface area contributed by atoms with Crippen molar-refractivity contribution in [1.82, 2.24) is 5.32 Å². The van der Waals surface area contributed by atoms with Crippen molar-refractivity contribution in [2.24, 2.45) is 0 Å². The lowest BCUT2D eigenvalue weighted by molar-refractivity contribution is 0.696. The third-order valence-corrected chi connectivity index (χ3v) is 4.99. The lowest BCUT2D eigenvalue weighted by Crippen LogP contribution is -2.12. The molecule has 0 saturated carbocycles. The van der Waals surface area contributed by atoms with E-state index >= 15 is 0 Å². The first-order chi connectivity index (χ1) is 8.70. The van der Waals surface area contributed by atoms with Gasteiger partial charge in [-0.1, -0.05) is 24.6 Å². The lowest BCUT2D eigenvalue weighted by Gasteiger charge is -2.06. The fourth-order valence-electron chi connectivity index (χ4n) is 1.81. The topological polar surface area (TPSA) is 12.0 Å². The zero-order valence-corrected chi connectivity index (χ0v) is 13.3. The molecule has 0 amide bonds. The zero-order chi connectivity index (χ0) is 13.0. The normalized spacial score (nSPS) is 10.8. The minimum Gasteiger partial charge on any atom is -0.308 e. The summed E-state index contributed by atoms with van der Waals surface area (Å²) in [6, 6.07) is 8.24. The molecule has 0 fully saturated rings. The number of benzene rings is 1. The molecule has 18 heavy (non-hydrogen) atoms. The summed E-state index contributed by atoms with van der Waals surface area (Å²) in [5, 5.41) is 6.39. The Labute approximate surface area is 125 Å². The van der Waals surface area contributed by atoms with Gasteiger partial charge in [0.1, 0.15) is 0 Å². The Bertz CT molecular complexity index is 524. The first kappa shape index (κ1) is 14.1. The molecule has 96 valence electrons. The molecule has 0 radical (unpaired) electrons. The summed E-state index contributed by atoms with van der Waals surface area (Å²) in [7, 11) is 0. The van der Waals surface area contributed by atoms with E-state index in [-0.39, 0.29) is 0 Å². The monoisotopic (exact) mass is 343 g/mol. The molecule has 1 nitrogen and oxygen atoms in total. The predicted molar refractivity (Wildman–Crippen MR) is 83.4 cm³/mol. The Morgan fingerprint density at radius 3 is 2.83 bits per heavy atom. The molecule has 4 heteroatoms. The first-order valence-corrected chi connectivity index (χ1v) is 7.95. The molecule has 0 aliphatic rings. The highest BCUT2D eigenvalue weighted by Crippen LogP contribution is 2.23. The third kappa shape index (κ3) is 3.58. The van der Waals surface area contributed by atoms with Crippen LogP contribution in [0.25, 0.3) is 0 Å². The van der Waals surface area contributed by atoms with Gasteiger partial charge in [0.2, 0.25) is 0 Å². The van der Waals surface area contributed by atoms with Gasteiger partial charge in [0.25, 0.3) is 0 Å². The Balaban J connectivity index is 1.90. The van der Waals surface area contributed by atoms with E-state index in [2.05, 4.69) is 51.7 Å². The standard InChI is InChI=1S/C14H15BrClNS/c1-2-11-5-6-18-14(11)9-17-8-10-3-4-13(16)12(15)7-10/h3-7,17H,2,8-9H2,1H3. The average Bonchev–Trinajstić information content (AvgIpc) is 2.81. The third-order valence-electron chi connectivity index (χ3n) is 2.82. The number of nitrogens with one attached hydrogen (secondary N) is 1. The summed E-state index contributed by atoms with van der Waals surface area (Å²) >= 11 is 11.2. The van der Waals surface area contributed by atoms with Crippen molar-refractivity contribution >= 4 is 38.9 Å². The van der Waals surface area contributed by atoms with Crippen LogP contribution in [0.15, 0.2) is 34.1 Å². The Morgan fingerprint density at radius 2 is 2.11 bits per heavy atom. The van der Waals surface area contributed by atoms with Crippen LogP contribution < -0.4 is 5.32 Å². The van der Waals surface area contributed by atoms with Crippen molar-refractivity contribution < 1.29 is 0 Å². The number of rotatable bonds is 5. The van der Waals surface area contributed by atoms with Gasteiger partial charge in [-0.25, -0.2) is 0 Å². The smallest absolute Gasteiger partial charge is 0.0548 e. The number of thiophene rings is 1. The molecular weight excluding hydrogens is 330 g/mol. The van der Waals surface area contributed by atoms with Crippen LogP contribution in [0, 0.1) is 0 Å². The summed E-state index contributed by atoms with van der Waals surface area (Å²) in [5.74, 6) is 0. The Hall–Kier alpha value is -0.350. The van der Waals surface area contributed by atoms with Crippen molar-refractivity contribution in [3.05, 3.63) is 55.1 Å². The molecule has 1 N–H and O–H groups in total. The van der Waals surface area contributed by atoms with Gasteiger partial charge in [0.15, 0.2) is 0 Å². The molecule has 1 heterocycles. The first-order valence-electron chi connectivity index (χ1n) is 5.90. The molecule has 1 aromatic carbocycles. The van der Waals surface area contributed by atoms with Crippen molar-refractivity contribution in [3.63, 3.8) is 0 Å². The van der Waals surface area contributed by atoms with Gasteiger partial charge in [-0.2, -0.15) is 0 Å². The average molecular weight is 345 g/mol. The molecule has 2 aromatic rings. The molecule has 0 saturated heterocycles. The van der Waals surface area contributed by atoms with E-state index in [4.69, 9.17) is 11.6 Å². The van der Waals surface area contributed by atoms with Gasteiger partial charge in [0.05, 0.1) is 5.02 Å². The van der Waals surface area contributed by atoms with Crippen molar-refractivity contribution in [2.75, 3.05) is 0 Å². The van der Waals surface area contributed by atoms with E-state index in [1.165, 1.54) is 16.0 Å². The van der Waals surface area contributed by atoms with Crippen LogP contribution in [0.3, 0.4) is 0 Å². The fourth-order valence-corrected chi connectivity index (χ4v) is 3.30. The lowest BCUT2D eigenvalue weighted by atomic mass is 10.2. The van der Waals surface area contributed by atoms with Crippen LogP contribution in [0.1, 0.15) is 22.9 Å². The van der Waals surface area contributed by atoms with Crippen molar-refractivity contribution in [2.45, 2.75) is 26.4 Å². The van der Waals surface area contributed by atoms with Crippen LogP contribution >= 0.6 is 38.9 Å². The second-order valence-corrected chi connectivity index (χ2v) is 6.34. The van der Waals surface area contributed by atoms with Gasteiger partial charge in [-0.15, -0.1) is 11.3 Å². The molecule has 0 bridgehead atoms. The molecular formula is C14H15BrClNS. The molecule has 0 spiro atoms. The van der Waals surface area contributed by atoms with E-state index < -0.39 is 0 Å². The minimum absolute atomic E-state index is 0.755. The number of halogens is 2. The van der Waals surface area contributed by atoms with Gasteiger partial charge >= 0.3 is 0 Å². The van der Waals surface area contributed by atoms with E-state index in [0.717, 1.165) is 29.0 Å². The van der Waals surface area contributed by atoms with Crippen LogP contribution in [0.5, 0.6) is 0 Å². The number of hydrogen-bond donors (Lipinski definition) is 1. The largest absolute Gasteiger partial charge is 0.308 e. The van der Waals surface area contributed by atoms with E-state index in [9.17, 15) is 0 Å². The Kier molecular flexibility index (Phi) is 5.25. The molecule has 2 rings (SSSR count). The van der Waals surface area contributed by atoms with Crippen LogP contribution in [-0.2, 0) is 19.5 Å². The van der Waals surface area contributed by atoms with Crippen LogP contribution in [0.2, 0.25) is 5.02 Å². The second-order valence-electron chi connectivity index (χ2n) is 4.07. The Morgan fingerprint density at radius 1 is 1.28 bits per heavy atom. The highest BCUT2D eigenvalue weighted by molar-refractivity contribution is 9.10. The van der Waals surface area contributed by atoms with Crippen molar-refractivity contribution in [3.8, 4) is 0 Å². The zero-order valence-electron chi connectivity index (χ0n) is 10.2. The molecule has 0 unspecified atom stereocenters. The highest BCUT2D eigenvalue weighted by Gasteiger charge is 2.03. The van der Waals surface area contributed by atoms with E-state index in [1.54, 1.807) is 0 Å². The molecule has 0 aliphatic carbocycles. The predicted octanol–water partition coefficient (Wildman–Crippen LogP) is 5.02. The minimum atomic E-state index is 0.755. The number of hydrogen-bond acceptors (Lipinski definition) is 2. The maximum atomic E-state index is 5.97. The fraction of sp³-hybridized carbons (Fsp3) is 0.286. The summed E-state index contributed by atoms with van der Waals surface area (Å²) in [5.41, 5.74) is 2.69. The quantitative estimate of drug-likeness (QED) is 0.803. The van der Waals surface area contributed by atoms with Gasteiger partial charge in [-0.3, -0.25) is 0 Å². The summed E-state index contributed by atoms with van der Waals surface area (Å²) in [6.07, 6.45) is 1.10. The van der Waals surface area contributed by atoms with Crippen molar-refractivity contribution in [1.29, 1.82) is 0 Å². The summed E-state index contributed by atoms with van der Waals surface area (Å²) < 4.78 is 0.953. The molecule has 1 aromatic heterocycles. The van der Waals surface area contributed by atoms with Gasteiger partial charge < -0.3 is 5.32 Å². The summed E-state index contributed by atoms with van der Waals surface area (Å²) in [4.78, 5) is 1.44. The SMILES string of the molecule is CCc1ccsc1CNCc1ccc(Cl)c(Br)c1. The molecule has 0 atom stereocenters. The van der Waals surface area contributed by atoms with Gasteiger partial charge in [-0.05, 0) is 57.1 Å². The number of aryl methyl sites for hydroxylation is 1. The molecule has 0 aliphatic heterocycles. The second kappa shape index (κ2) is 6.71. The van der Waals surface area contributed by atoms with E-state index in [1.807, 2.05) is 17.4 Å². The van der Waals surface area contributed by atoms with E-state index in [0.29, 0.717) is 0 Å². The maximum Gasteiger partial charge on any atom is 0.0548 e. The maximum absolute atomic E-state index is 5.97. The van der Waals surface area contributed by atoms with Crippen LogP contribution in [-0.4, -0.2) is 0 Å². The van der Waals surface area contributed by atoms with Crippen LogP contribution in [0.4, 0.5) is 0 Å². The highest BCUT2D eigenvalue weighted by atomic mass is 79.9.